The van der Waals surface area contributed by atoms with Crippen LogP contribution in [-0.2, 0) is 16.6 Å². The number of likely N-dealkylation sites (tertiary alicyclic amines) is 1. The molecule has 0 atom stereocenters. The lowest BCUT2D eigenvalue weighted by molar-refractivity contribution is -0.0980. The summed E-state index contributed by atoms with van der Waals surface area (Å²) in [6, 6.07) is 19.7. The summed E-state index contributed by atoms with van der Waals surface area (Å²) >= 11 is 0. The molecule has 1 fully saturated rings. The third kappa shape index (κ3) is 5.56. The van der Waals surface area contributed by atoms with Crippen molar-refractivity contribution < 1.29 is 19.5 Å². The summed E-state index contributed by atoms with van der Waals surface area (Å²) in [5.74, 6) is 0.323. The van der Waals surface area contributed by atoms with Crippen molar-refractivity contribution in [2.24, 2.45) is 0 Å². The molecule has 2 heterocycles. The van der Waals surface area contributed by atoms with Crippen molar-refractivity contribution in [2.45, 2.75) is 24.7 Å². The standard InChI is InChI=1S/C25H25N3O3.CH2O/c29-18-22(30)20-16-26-23(27-17-20)15-25(21-9-5-2-6-10-21)11-13-28(14-12-25)24(31)19-7-3-1-4-8-19;1-2/h1-10,16-17,29H,11-15,18H2;1H2. The SMILES string of the molecule is C=O.O=C(CO)c1cnc(CC2(c3ccccc3)CCN(C(=O)c3ccccc3)CC2)nc1. The zero-order valence-electron chi connectivity index (χ0n) is 18.4. The number of Topliss-reactive ketones (excluding diaryl/α,β-unsaturated/α-hetero) is 1. The minimum atomic E-state index is -0.554. The normalized spacial score (nSPS) is 14.6. The van der Waals surface area contributed by atoms with Crippen molar-refractivity contribution in [1.29, 1.82) is 0 Å². The van der Waals surface area contributed by atoms with Gasteiger partial charge in [0.15, 0.2) is 5.78 Å². The maximum Gasteiger partial charge on any atom is 0.253 e. The van der Waals surface area contributed by atoms with Crippen LogP contribution in [0.2, 0.25) is 0 Å². The number of nitrogens with zero attached hydrogens (tertiary/aromatic N) is 3. The largest absolute Gasteiger partial charge is 0.388 e. The topological polar surface area (TPSA) is 100 Å². The Labute approximate surface area is 193 Å². The molecule has 2 aromatic carbocycles. The van der Waals surface area contributed by atoms with Crippen LogP contribution < -0.4 is 0 Å². The van der Waals surface area contributed by atoms with Gasteiger partial charge in [-0.2, -0.15) is 0 Å². The number of hydrogen-bond acceptors (Lipinski definition) is 6. The molecule has 0 radical (unpaired) electrons. The van der Waals surface area contributed by atoms with E-state index in [1.165, 1.54) is 18.0 Å². The molecule has 170 valence electrons. The van der Waals surface area contributed by atoms with Crippen molar-refractivity contribution in [1.82, 2.24) is 14.9 Å². The highest BCUT2D eigenvalue weighted by Gasteiger charge is 2.38. The highest BCUT2D eigenvalue weighted by molar-refractivity contribution is 5.96. The summed E-state index contributed by atoms with van der Waals surface area (Å²) in [5.41, 5.74) is 2.04. The number of aromatic nitrogens is 2. The Balaban J connectivity index is 0.00000149. The van der Waals surface area contributed by atoms with Gasteiger partial charge in [0.2, 0.25) is 0 Å². The van der Waals surface area contributed by atoms with E-state index in [1.54, 1.807) is 0 Å². The van der Waals surface area contributed by atoms with E-state index < -0.39 is 12.4 Å². The van der Waals surface area contributed by atoms with Crippen LogP contribution in [0.15, 0.2) is 73.1 Å². The number of carbonyl (C=O) groups excluding carboxylic acids is 3. The smallest absolute Gasteiger partial charge is 0.253 e. The lowest BCUT2D eigenvalue weighted by Crippen LogP contribution is -2.46. The van der Waals surface area contributed by atoms with Gasteiger partial charge in [0.05, 0.1) is 5.56 Å². The first-order valence-corrected chi connectivity index (χ1v) is 10.7. The van der Waals surface area contributed by atoms with E-state index in [2.05, 4.69) is 22.1 Å². The molecule has 1 saturated heterocycles. The lowest BCUT2D eigenvalue weighted by Gasteiger charge is -2.42. The second-order valence-electron chi connectivity index (χ2n) is 7.95. The van der Waals surface area contributed by atoms with Gasteiger partial charge in [0.1, 0.15) is 19.2 Å². The molecular formula is C26H27N3O4. The first-order valence-electron chi connectivity index (χ1n) is 10.7. The van der Waals surface area contributed by atoms with Gasteiger partial charge in [-0.05, 0) is 30.5 Å². The monoisotopic (exact) mass is 445 g/mol. The van der Waals surface area contributed by atoms with Gasteiger partial charge < -0.3 is 14.8 Å². The van der Waals surface area contributed by atoms with Crippen LogP contribution in [0.4, 0.5) is 0 Å². The van der Waals surface area contributed by atoms with Crippen LogP contribution >= 0.6 is 0 Å². The number of aliphatic hydroxyl groups is 1. The Morgan fingerprint density at radius 3 is 1.97 bits per heavy atom. The summed E-state index contributed by atoms with van der Waals surface area (Å²) in [4.78, 5) is 43.2. The number of rotatable bonds is 6. The molecule has 3 aromatic rings. The minimum absolute atomic E-state index is 0.0605. The molecule has 33 heavy (non-hydrogen) atoms. The number of carbonyl (C=O) groups is 3. The first-order chi connectivity index (χ1) is 16.1. The molecule has 1 amide bonds. The predicted octanol–water partition coefficient (Wildman–Crippen LogP) is 2.88. The van der Waals surface area contributed by atoms with Gasteiger partial charge in [-0.15, -0.1) is 0 Å². The fourth-order valence-corrected chi connectivity index (χ4v) is 4.24. The van der Waals surface area contributed by atoms with Crippen molar-refractivity contribution >= 4 is 18.5 Å². The Morgan fingerprint density at radius 2 is 1.42 bits per heavy atom. The molecule has 1 aliphatic heterocycles. The average Bonchev–Trinajstić information content (AvgIpc) is 2.91. The maximum absolute atomic E-state index is 12.9. The Morgan fingerprint density at radius 1 is 0.879 bits per heavy atom. The van der Waals surface area contributed by atoms with Crippen molar-refractivity contribution in [2.75, 3.05) is 19.7 Å². The molecule has 0 saturated carbocycles. The molecule has 0 bridgehead atoms. The molecule has 7 nitrogen and oxygen atoms in total. The number of ketones is 1. The average molecular weight is 446 g/mol. The van der Waals surface area contributed by atoms with E-state index >= 15 is 0 Å². The van der Waals surface area contributed by atoms with E-state index in [1.807, 2.05) is 60.2 Å². The number of hydrogen-bond donors (Lipinski definition) is 1. The van der Waals surface area contributed by atoms with Crippen LogP contribution in [0.5, 0.6) is 0 Å². The van der Waals surface area contributed by atoms with Crippen LogP contribution in [0, 0.1) is 0 Å². The van der Waals surface area contributed by atoms with Gasteiger partial charge in [0.25, 0.3) is 5.91 Å². The van der Waals surface area contributed by atoms with Crippen molar-refractivity contribution in [3.8, 4) is 0 Å². The van der Waals surface area contributed by atoms with E-state index in [9.17, 15) is 9.59 Å². The second-order valence-corrected chi connectivity index (χ2v) is 7.95. The zero-order chi connectivity index (χ0) is 23.7. The number of piperidine rings is 1. The summed E-state index contributed by atoms with van der Waals surface area (Å²) in [6.07, 6.45) is 5.19. The van der Waals surface area contributed by atoms with Crippen molar-refractivity contribution in [3.63, 3.8) is 0 Å². The Hall–Kier alpha value is -3.71. The summed E-state index contributed by atoms with van der Waals surface area (Å²) in [7, 11) is 0. The lowest BCUT2D eigenvalue weighted by atomic mass is 9.70. The highest BCUT2D eigenvalue weighted by atomic mass is 16.3. The van der Waals surface area contributed by atoms with Crippen LogP contribution in [0.1, 0.15) is 44.9 Å². The van der Waals surface area contributed by atoms with E-state index in [0.717, 1.165) is 12.8 Å². The van der Waals surface area contributed by atoms with E-state index in [4.69, 9.17) is 9.90 Å². The zero-order valence-corrected chi connectivity index (χ0v) is 18.4. The quantitative estimate of drug-likeness (QED) is 0.586. The number of benzene rings is 2. The van der Waals surface area contributed by atoms with Crippen LogP contribution in [0.25, 0.3) is 0 Å². The Kier molecular flexibility index (Phi) is 8.16. The second kappa shape index (κ2) is 11.2. The summed E-state index contributed by atoms with van der Waals surface area (Å²) < 4.78 is 0. The highest BCUT2D eigenvalue weighted by Crippen LogP contribution is 2.38. The molecule has 4 rings (SSSR count). The van der Waals surface area contributed by atoms with E-state index in [0.29, 0.717) is 36.5 Å². The van der Waals surface area contributed by atoms with Gasteiger partial charge in [-0.1, -0.05) is 48.5 Å². The summed E-state index contributed by atoms with van der Waals surface area (Å²) in [6.45, 7) is 2.76. The first kappa shape index (κ1) is 23.9. The van der Waals surface area contributed by atoms with Crippen molar-refractivity contribution in [3.05, 3.63) is 95.6 Å². The Bertz CT molecular complexity index is 1050. The molecule has 7 heteroatoms. The van der Waals surface area contributed by atoms with E-state index in [-0.39, 0.29) is 11.3 Å². The van der Waals surface area contributed by atoms with Crippen LogP contribution in [-0.4, -0.2) is 58.2 Å². The minimum Gasteiger partial charge on any atom is -0.388 e. The molecule has 1 N–H and O–H groups in total. The van der Waals surface area contributed by atoms with Gasteiger partial charge in [-0.25, -0.2) is 9.97 Å². The molecular weight excluding hydrogens is 418 g/mol. The fraction of sp³-hybridized carbons (Fsp3) is 0.269. The molecule has 0 aliphatic carbocycles. The molecule has 0 unspecified atom stereocenters. The molecule has 0 spiro atoms. The maximum atomic E-state index is 12.9. The fourth-order valence-electron chi connectivity index (χ4n) is 4.24. The van der Waals surface area contributed by atoms with Gasteiger partial charge >= 0.3 is 0 Å². The van der Waals surface area contributed by atoms with Gasteiger partial charge in [0, 0.05) is 42.9 Å². The van der Waals surface area contributed by atoms with Crippen LogP contribution in [0.3, 0.4) is 0 Å². The molecule has 1 aliphatic rings. The predicted molar refractivity (Wildman–Crippen MR) is 124 cm³/mol. The molecule has 1 aromatic heterocycles. The third-order valence-electron chi connectivity index (χ3n) is 6.08. The number of amides is 1. The third-order valence-corrected chi connectivity index (χ3v) is 6.08. The van der Waals surface area contributed by atoms with Gasteiger partial charge in [-0.3, -0.25) is 9.59 Å². The number of aliphatic hydroxyl groups excluding tert-OH is 1. The summed E-state index contributed by atoms with van der Waals surface area (Å²) in [5, 5.41) is 9.02.